The lowest BCUT2D eigenvalue weighted by Crippen LogP contribution is -2.27. The average molecular weight is 710 g/mol. The number of aliphatic hydroxyl groups is 1. The molecule has 0 fully saturated rings. The SMILES string of the molecule is CCCCCCCCCC(=O)OCC(C)(C)CCCCCN(CCCCO)CCCCCCCC(=O)OCCCCC(CCCC)CCCC. The molecule has 298 valence electrons. The minimum absolute atomic E-state index is 0.0169. The summed E-state index contributed by atoms with van der Waals surface area (Å²) in [5.41, 5.74) is 0.0264. The molecule has 0 aliphatic carbocycles. The van der Waals surface area contributed by atoms with E-state index in [1.807, 2.05) is 0 Å². The van der Waals surface area contributed by atoms with E-state index < -0.39 is 0 Å². The number of hydrogen-bond acceptors (Lipinski definition) is 6. The lowest BCUT2D eigenvalue weighted by Gasteiger charge is -2.25. The Kier molecular flexibility index (Phi) is 35.4. The van der Waals surface area contributed by atoms with Crippen LogP contribution in [0.5, 0.6) is 0 Å². The zero-order valence-corrected chi connectivity index (χ0v) is 34.4. The summed E-state index contributed by atoms with van der Waals surface area (Å²) in [6.45, 7) is 15.9. The molecule has 1 N–H and O–H groups in total. The third-order valence-corrected chi connectivity index (χ3v) is 10.4. The second-order valence-electron chi connectivity index (χ2n) is 16.2. The van der Waals surface area contributed by atoms with Crippen LogP contribution >= 0.6 is 0 Å². The predicted molar refractivity (Wildman–Crippen MR) is 214 cm³/mol. The standard InChI is InChI=1S/C44H87NO5/c1-6-9-12-13-14-16-21-33-43(48)50-40-44(4,5)34-23-19-25-36-45(37-26-27-38-46)35-24-18-15-17-20-32-42(47)49-39-28-22-31-41(29-10-7-2)30-11-8-3/h41,46H,6-40H2,1-5H3. The Balaban J connectivity index is 4.00. The van der Waals surface area contributed by atoms with Gasteiger partial charge in [0.05, 0.1) is 13.2 Å². The fraction of sp³-hybridized carbons (Fsp3) is 0.955. The molecule has 0 aliphatic rings. The monoisotopic (exact) mass is 710 g/mol. The molecule has 0 aliphatic heterocycles. The van der Waals surface area contributed by atoms with Crippen molar-refractivity contribution in [3.05, 3.63) is 0 Å². The molecule has 0 aromatic rings. The van der Waals surface area contributed by atoms with Crippen LogP contribution in [0.3, 0.4) is 0 Å². The van der Waals surface area contributed by atoms with E-state index in [2.05, 4.69) is 39.5 Å². The van der Waals surface area contributed by atoms with Gasteiger partial charge in [0.25, 0.3) is 0 Å². The molecule has 0 bridgehead atoms. The van der Waals surface area contributed by atoms with Gasteiger partial charge in [0.2, 0.25) is 0 Å². The van der Waals surface area contributed by atoms with Gasteiger partial charge in [-0.2, -0.15) is 0 Å². The molecule has 0 spiro atoms. The van der Waals surface area contributed by atoms with Crippen molar-refractivity contribution in [1.29, 1.82) is 0 Å². The molecule has 0 saturated heterocycles. The molecule has 0 radical (unpaired) electrons. The fourth-order valence-corrected chi connectivity index (χ4v) is 6.89. The summed E-state index contributed by atoms with van der Waals surface area (Å²) in [5.74, 6) is 0.810. The molecule has 6 nitrogen and oxygen atoms in total. The van der Waals surface area contributed by atoms with E-state index in [4.69, 9.17) is 9.47 Å². The van der Waals surface area contributed by atoms with Gasteiger partial charge in [0.15, 0.2) is 0 Å². The molecule has 0 heterocycles. The fourth-order valence-electron chi connectivity index (χ4n) is 6.89. The number of unbranched alkanes of at least 4 members (excludes halogenated alkanes) is 16. The zero-order chi connectivity index (χ0) is 37.0. The van der Waals surface area contributed by atoms with Crippen molar-refractivity contribution in [2.45, 2.75) is 221 Å². The smallest absolute Gasteiger partial charge is 0.305 e. The van der Waals surface area contributed by atoms with Gasteiger partial charge in [0, 0.05) is 19.4 Å². The van der Waals surface area contributed by atoms with E-state index in [0.29, 0.717) is 26.1 Å². The molecule has 0 saturated carbocycles. The zero-order valence-electron chi connectivity index (χ0n) is 34.4. The number of rotatable bonds is 39. The van der Waals surface area contributed by atoms with Crippen molar-refractivity contribution in [1.82, 2.24) is 4.90 Å². The number of nitrogens with zero attached hydrogens (tertiary/aromatic N) is 1. The normalized spacial score (nSPS) is 11.9. The first kappa shape index (κ1) is 48.9. The minimum Gasteiger partial charge on any atom is -0.466 e. The summed E-state index contributed by atoms with van der Waals surface area (Å²) < 4.78 is 11.2. The van der Waals surface area contributed by atoms with Crippen molar-refractivity contribution >= 4 is 11.9 Å². The first-order valence-electron chi connectivity index (χ1n) is 21.9. The first-order chi connectivity index (χ1) is 24.3. The lowest BCUT2D eigenvalue weighted by molar-refractivity contribution is -0.147. The summed E-state index contributed by atoms with van der Waals surface area (Å²) >= 11 is 0. The summed E-state index contributed by atoms with van der Waals surface area (Å²) in [6.07, 6.45) is 33.2. The number of carbonyl (C=O) groups is 2. The molecule has 0 atom stereocenters. The van der Waals surface area contributed by atoms with Crippen molar-refractivity contribution in [2.24, 2.45) is 11.3 Å². The largest absolute Gasteiger partial charge is 0.466 e. The van der Waals surface area contributed by atoms with Gasteiger partial charge in [-0.05, 0) is 88.8 Å². The van der Waals surface area contributed by atoms with Gasteiger partial charge >= 0.3 is 11.9 Å². The number of hydrogen-bond donors (Lipinski definition) is 1. The third kappa shape index (κ3) is 34.0. The number of aliphatic hydroxyl groups excluding tert-OH is 1. The van der Waals surface area contributed by atoms with Crippen LogP contribution in [-0.4, -0.2) is 61.4 Å². The summed E-state index contributed by atoms with van der Waals surface area (Å²) in [4.78, 5) is 27.0. The van der Waals surface area contributed by atoms with E-state index in [9.17, 15) is 14.7 Å². The molecular formula is C44H87NO5. The molecule has 50 heavy (non-hydrogen) atoms. The van der Waals surface area contributed by atoms with Crippen LogP contribution in [-0.2, 0) is 19.1 Å². The second-order valence-corrected chi connectivity index (χ2v) is 16.2. The van der Waals surface area contributed by atoms with Crippen molar-refractivity contribution in [3.63, 3.8) is 0 Å². The van der Waals surface area contributed by atoms with E-state index >= 15 is 0 Å². The van der Waals surface area contributed by atoms with Crippen LogP contribution in [0.2, 0.25) is 0 Å². The Morgan fingerprint density at radius 3 is 1.56 bits per heavy atom. The quantitative estimate of drug-likeness (QED) is 0.0506. The van der Waals surface area contributed by atoms with E-state index in [0.717, 1.165) is 83.3 Å². The number of carbonyl (C=O) groups excluding carboxylic acids is 2. The summed E-state index contributed by atoms with van der Waals surface area (Å²) in [5, 5.41) is 9.27. The Morgan fingerprint density at radius 1 is 0.540 bits per heavy atom. The van der Waals surface area contributed by atoms with Gasteiger partial charge in [-0.15, -0.1) is 0 Å². The van der Waals surface area contributed by atoms with Crippen molar-refractivity contribution < 1.29 is 24.2 Å². The first-order valence-corrected chi connectivity index (χ1v) is 21.9. The van der Waals surface area contributed by atoms with Gasteiger partial charge in [-0.3, -0.25) is 9.59 Å². The van der Waals surface area contributed by atoms with Crippen molar-refractivity contribution in [3.8, 4) is 0 Å². The van der Waals surface area contributed by atoms with Crippen LogP contribution in [0.15, 0.2) is 0 Å². The summed E-state index contributed by atoms with van der Waals surface area (Å²) in [6, 6.07) is 0. The minimum atomic E-state index is -0.0302. The van der Waals surface area contributed by atoms with Gasteiger partial charge < -0.3 is 19.5 Å². The highest BCUT2D eigenvalue weighted by atomic mass is 16.5. The third-order valence-electron chi connectivity index (χ3n) is 10.4. The van der Waals surface area contributed by atoms with E-state index in [-0.39, 0.29) is 24.0 Å². The predicted octanol–water partition coefficient (Wildman–Crippen LogP) is 12.4. The van der Waals surface area contributed by atoms with Crippen molar-refractivity contribution in [2.75, 3.05) is 39.5 Å². The van der Waals surface area contributed by atoms with Crippen LogP contribution in [0.1, 0.15) is 221 Å². The topological polar surface area (TPSA) is 76.1 Å². The Hall–Kier alpha value is -1.14. The van der Waals surface area contributed by atoms with Crippen LogP contribution < -0.4 is 0 Å². The van der Waals surface area contributed by atoms with E-state index in [1.54, 1.807) is 0 Å². The van der Waals surface area contributed by atoms with E-state index in [1.165, 1.54) is 116 Å². The molecular weight excluding hydrogens is 622 g/mol. The highest BCUT2D eigenvalue weighted by Gasteiger charge is 2.20. The average Bonchev–Trinajstić information content (AvgIpc) is 3.10. The molecule has 0 rings (SSSR count). The molecule has 0 amide bonds. The maximum absolute atomic E-state index is 12.2. The second kappa shape index (κ2) is 36.2. The highest BCUT2D eigenvalue weighted by Crippen LogP contribution is 2.25. The number of ether oxygens (including phenoxy) is 2. The summed E-state index contributed by atoms with van der Waals surface area (Å²) in [7, 11) is 0. The van der Waals surface area contributed by atoms with Crippen LogP contribution in [0.4, 0.5) is 0 Å². The maximum atomic E-state index is 12.2. The molecule has 0 aromatic heterocycles. The Morgan fingerprint density at radius 2 is 1.00 bits per heavy atom. The van der Waals surface area contributed by atoms with Crippen LogP contribution in [0, 0.1) is 11.3 Å². The Bertz CT molecular complexity index is 734. The van der Waals surface area contributed by atoms with Gasteiger partial charge in [-0.25, -0.2) is 0 Å². The molecule has 0 unspecified atom stereocenters. The van der Waals surface area contributed by atoms with Gasteiger partial charge in [-0.1, -0.05) is 150 Å². The maximum Gasteiger partial charge on any atom is 0.305 e. The molecule has 0 aromatic carbocycles. The molecule has 6 heteroatoms. The van der Waals surface area contributed by atoms with Crippen LogP contribution in [0.25, 0.3) is 0 Å². The highest BCUT2D eigenvalue weighted by molar-refractivity contribution is 5.69. The number of esters is 2. The lowest BCUT2D eigenvalue weighted by atomic mass is 9.88. The Labute approximate surface area is 312 Å². The van der Waals surface area contributed by atoms with Gasteiger partial charge in [0.1, 0.15) is 0 Å².